The number of hydrogen-bond acceptors (Lipinski definition) is 5. The third-order valence-electron chi connectivity index (χ3n) is 3.09. The van der Waals surface area contributed by atoms with Crippen LogP contribution in [-0.4, -0.2) is 51.3 Å². The van der Waals surface area contributed by atoms with Crippen LogP contribution < -0.4 is 5.32 Å². The number of imide groups is 1. The maximum absolute atomic E-state index is 12.4. The lowest BCUT2D eigenvalue weighted by Gasteiger charge is -2.33. The van der Waals surface area contributed by atoms with Gasteiger partial charge >= 0.3 is 5.97 Å². The average molecular weight is 291 g/mol. The number of pyridine rings is 1. The maximum atomic E-state index is 12.4. The van der Waals surface area contributed by atoms with E-state index in [1.54, 1.807) is 6.92 Å². The van der Waals surface area contributed by atoms with Gasteiger partial charge in [-0.05, 0) is 18.6 Å². The molecule has 21 heavy (non-hydrogen) atoms. The number of amides is 3. The van der Waals surface area contributed by atoms with Crippen LogP contribution in [0, 0.1) is 0 Å². The molecule has 2 rings (SSSR count). The van der Waals surface area contributed by atoms with Crippen LogP contribution in [0.5, 0.6) is 0 Å². The van der Waals surface area contributed by atoms with Gasteiger partial charge in [-0.2, -0.15) is 0 Å². The summed E-state index contributed by atoms with van der Waals surface area (Å²) in [4.78, 5) is 51.2. The van der Waals surface area contributed by atoms with Crippen LogP contribution in [0.3, 0.4) is 0 Å². The monoisotopic (exact) mass is 291 g/mol. The van der Waals surface area contributed by atoms with Crippen molar-refractivity contribution < 1.29 is 24.3 Å². The number of piperazine rings is 1. The predicted molar refractivity (Wildman–Crippen MR) is 69.5 cm³/mol. The molecule has 1 saturated heterocycles. The normalized spacial score (nSPS) is 18.3. The highest BCUT2D eigenvalue weighted by Crippen LogP contribution is 2.13. The third-order valence-corrected chi connectivity index (χ3v) is 3.09. The van der Waals surface area contributed by atoms with E-state index in [0.717, 1.165) is 4.90 Å². The van der Waals surface area contributed by atoms with Crippen LogP contribution in [-0.2, 0) is 9.59 Å². The van der Waals surface area contributed by atoms with E-state index >= 15 is 0 Å². The van der Waals surface area contributed by atoms with E-state index in [1.807, 2.05) is 0 Å². The van der Waals surface area contributed by atoms with Gasteiger partial charge in [0.05, 0.1) is 0 Å². The molecule has 1 aromatic heterocycles. The molecule has 0 bridgehead atoms. The Morgan fingerprint density at radius 3 is 2.67 bits per heavy atom. The second kappa shape index (κ2) is 5.70. The summed E-state index contributed by atoms with van der Waals surface area (Å²) < 4.78 is 0. The maximum Gasteiger partial charge on any atom is 0.354 e. The molecule has 0 radical (unpaired) electrons. The van der Waals surface area contributed by atoms with Crippen LogP contribution in [0.15, 0.2) is 18.2 Å². The summed E-state index contributed by atoms with van der Waals surface area (Å²) in [6, 6.07) is 3.21. The van der Waals surface area contributed by atoms with Crippen LogP contribution in [0.4, 0.5) is 0 Å². The van der Waals surface area contributed by atoms with Gasteiger partial charge in [-0.15, -0.1) is 0 Å². The number of nitrogens with one attached hydrogen (secondary N) is 1. The molecule has 2 N–H and O–H groups in total. The lowest BCUT2D eigenvalue weighted by molar-refractivity contribution is -0.138. The van der Waals surface area contributed by atoms with Crippen LogP contribution in [0.1, 0.15) is 34.3 Å². The van der Waals surface area contributed by atoms with Crippen molar-refractivity contribution in [3.05, 3.63) is 29.6 Å². The molecule has 3 amide bonds. The first kappa shape index (κ1) is 14.6. The second-order valence-corrected chi connectivity index (χ2v) is 4.48. The Kier molecular flexibility index (Phi) is 3.97. The molecule has 8 nitrogen and oxygen atoms in total. The fourth-order valence-electron chi connectivity index (χ4n) is 2.11. The summed E-state index contributed by atoms with van der Waals surface area (Å²) in [5.74, 6) is -3.03. The molecule has 1 aromatic rings. The zero-order chi connectivity index (χ0) is 15.6. The summed E-state index contributed by atoms with van der Waals surface area (Å²) in [6.45, 7) is 1.45. The molecule has 1 aliphatic rings. The number of aromatic nitrogens is 1. The summed E-state index contributed by atoms with van der Waals surface area (Å²) in [5, 5.41) is 11.0. The Morgan fingerprint density at radius 2 is 2.05 bits per heavy atom. The van der Waals surface area contributed by atoms with Crippen LogP contribution in [0.2, 0.25) is 0 Å². The minimum Gasteiger partial charge on any atom is -0.477 e. The molecule has 8 heteroatoms. The van der Waals surface area contributed by atoms with Crippen LogP contribution in [0.25, 0.3) is 0 Å². The van der Waals surface area contributed by atoms with Gasteiger partial charge in [-0.25, -0.2) is 9.78 Å². The number of rotatable bonds is 3. The number of carboxylic acid groups (broad SMARTS) is 1. The van der Waals surface area contributed by atoms with Crippen molar-refractivity contribution in [2.45, 2.75) is 19.4 Å². The summed E-state index contributed by atoms with van der Waals surface area (Å²) >= 11 is 0. The third kappa shape index (κ3) is 2.88. The minimum absolute atomic E-state index is 0.115. The fraction of sp³-hybridized carbons (Fsp3) is 0.308. The molecule has 1 atom stereocenters. The Balaban J connectivity index is 2.33. The number of nitrogens with zero attached hydrogens (tertiary/aromatic N) is 2. The molecule has 1 fully saturated rings. The highest BCUT2D eigenvalue weighted by molar-refractivity contribution is 6.06. The van der Waals surface area contributed by atoms with Crippen molar-refractivity contribution in [2.75, 3.05) is 6.54 Å². The Bertz CT molecular complexity index is 628. The number of aromatic carboxylic acids is 1. The number of carbonyl (C=O) groups excluding carboxylic acids is 3. The van der Waals surface area contributed by atoms with Crippen molar-refractivity contribution in [1.29, 1.82) is 0 Å². The lowest BCUT2D eigenvalue weighted by Crippen LogP contribution is -2.59. The highest BCUT2D eigenvalue weighted by Gasteiger charge is 2.36. The van der Waals surface area contributed by atoms with Crippen molar-refractivity contribution in [3.63, 3.8) is 0 Å². The molecule has 110 valence electrons. The molecule has 0 aromatic carbocycles. The van der Waals surface area contributed by atoms with E-state index in [0.29, 0.717) is 6.42 Å². The standard InChI is InChI=1S/C13H13N3O5/c1-2-9-11(18)15-10(17)6-16(9)12(19)7-4-3-5-8(14-7)13(20)21/h3-5,9H,2,6H2,1H3,(H,20,21)(H,15,17,18). The van der Waals surface area contributed by atoms with Crippen molar-refractivity contribution >= 4 is 23.7 Å². The van der Waals surface area contributed by atoms with E-state index in [-0.39, 0.29) is 17.9 Å². The summed E-state index contributed by atoms with van der Waals surface area (Å²) in [6.07, 6.45) is 0.337. The SMILES string of the molecule is CCC1C(=O)NC(=O)CN1C(=O)c1cccc(C(=O)O)n1. The van der Waals surface area contributed by atoms with Gasteiger partial charge in [0.1, 0.15) is 24.0 Å². The van der Waals surface area contributed by atoms with Gasteiger partial charge in [0.15, 0.2) is 0 Å². The Hall–Kier alpha value is -2.77. The van der Waals surface area contributed by atoms with Gasteiger partial charge in [-0.1, -0.05) is 13.0 Å². The van der Waals surface area contributed by atoms with Crippen molar-refractivity contribution in [3.8, 4) is 0 Å². The molecule has 1 unspecified atom stereocenters. The summed E-state index contributed by atoms with van der Waals surface area (Å²) in [7, 11) is 0. The molecule has 0 saturated carbocycles. The molecule has 0 aliphatic carbocycles. The van der Waals surface area contributed by atoms with Crippen molar-refractivity contribution in [1.82, 2.24) is 15.2 Å². The Labute approximate surface area is 119 Å². The Morgan fingerprint density at radius 1 is 1.38 bits per heavy atom. The average Bonchev–Trinajstić information content (AvgIpc) is 2.45. The zero-order valence-corrected chi connectivity index (χ0v) is 11.2. The predicted octanol–water partition coefficient (Wildman–Crippen LogP) is -0.343. The largest absolute Gasteiger partial charge is 0.477 e. The number of carbonyl (C=O) groups is 4. The topological polar surface area (TPSA) is 117 Å². The molecule has 1 aliphatic heterocycles. The number of carboxylic acids is 1. The fourth-order valence-corrected chi connectivity index (χ4v) is 2.11. The first-order valence-electron chi connectivity index (χ1n) is 6.29. The smallest absolute Gasteiger partial charge is 0.354 e. The first-order valence-corrected chi connectivity index (χ1v) is 6.29. The molecular formula is C13H13N3O5. The van der Waals surface area contributed by atoms with Crippen LogP contribution >= 0.6 is 0 Å². The van der Waals surface area contributed by atoms with Crippen molar-refractivity contribution in [2.24, 2.45) is 0 Å². The van der Waals surface area contributed by atoms with Gasteiger partial charge < -0.3 is 10.0 Å². The number of hydrogen-bond donors (Lipinski definition) is 2. The van der Waals surface area contributed by atoms with Gasteiger partial charge in [0, 0.05) is 0 Å². The minimum atomic E-state index is -1.26. The van der Waals surface area contributed by atoms with E-state index < -0.39 is 29.7 Å². The highest BCUT2D eigenvalue weighted by atomic mass is 16.4. The van der Waals surface area contributed by atoms with E-state index in [1.165, 1.54) is 18.2 Å². The van der Waals surface area contributed by atoms with E-state index in [2.05, 4.69) is 10.3 Å². The zero-order valence-electron chi connectivity index (χ0n) is 11.2. The van der Waals surface area contributed by atoms with E-state index in [4.69, 9.17) is 5.11 Å². The molecular weight excluding hydrogens is 278 g/mol. The quantitative estimate of drug-likeness (QED) is 0.736. The van der Waals surface area contributed by atoms with E-state index in [9.17, 15) is 19.2 Å². The van der Waals surface area contributed by atoms with Gasteiger partial charge in [0.25, 0.3) is 5.91 Å². The first-order chi connectivity index (χ1) is 9.93. The second-order valence-electron chi connectivity index (χ2n) is 4.48. The molecule has 2 heterocycles. The lowest BCUT2D eigenvalue weighted by atomic mass is 10.1. The summed E-state index contributed by atoms with van der Waals surface area (Å²) in [5.41, 5.74) is -0.391. The van der Waals surface area contributed by atoms with Gasteiger partial charge in [0.2, 0.25) is 11.8 Å². The van der Waals surface area contributed by atoms with Gasteiger partial charge in [-0.3, -0.25) is 19.7 Å². The molecule has 0 spiro atoms.